The highest BCUT2D eigenvalue weighted by atomic mass is 32.2. The molecular weight excluding hydrogens is 409 g/mol. The quantitative estimate of drug-likeness (QED) is 0.355. The van der Waals surface area contributed by atoms with Gasteiger partial charge in [0.05, 0.1) is 22.2 Å². The predicted octanol–water partition coefficient (Wildman–Crippen LogP) is 2.59. The van der Waals surface area contributed by atoms with Gasteiger partial charge in [-0.15, -0.1) is 0 Å². The van der Waals surface area contributed by atoms with Crippen molar-refractivity contribution < 1.29 is 32.3 Å². The number of carbonyl (C=O) groups excluding carboxylic acids is 1. The number of rotatable bonds is 5. The Balaban J connectivity index is 1.91. The Bertz CT molecular complexity index is 1110. The van der Waals surface area contributed by atoms with Gasteiger partial charge < -0.3 is 9.63 Å². The van der Waals surface area contributed by atoms with Gasteiger partial charge in [0, 0.05) is 17.8 Å². The summed E-state index contributed by atoms with van der Waals surface area (Å²) in [6.07, 6.45) is -4.74. The Morgan fingerprint density at radius 1 is 1.34 bits per heavy atom. The van der Waals surface area contributed by atoms with Crippen LogP contribution in [0.4, 0.5) is 13.2 Å². The number of hydrogen-bond acceptors (Lipinski definition) is 7. The molecule has 3 aromatic rings. The van der Waals surface area contributed by atoms with Crippen molar-refractivity contribution in [2.75, 3.05) is 5.75 Å². The molecule has 11 heteroatoms. The molecule has 0 amide bonds. The summed E-state index contributed by atoms with van der Waals surface area (Å²) in [6, 6.07) is 10.5. The first-order valence-electron chi connectivity index (χ1n) is 8.01. The van der Waals surface area contributed by atoms with Crippen LogP contribution >= 0.6 is 11.8 Å². The molecule has 0 atom stereocenters. The van der Waals surface area contributed by atoms with Crippen LogP contribution in [0.2, 0.25) is 0 Å². The smallest absolute Gasteiger partial charge is 0.417 e. The van der Waals surface area contributed by atoms with Crippen LogP contribution in [0.5, 0.6) is 5.95 Å². The van der Waals surface area contributed by atoms with Gasteiger partial charge in [0.25, 0.3) is 0 Å². The number of carbonyl (C=O) groups is 1. The molecule has 0 spiro atoms. The third kappa shape index (κ3) is 4.22. The zero-order valence-corrected chi connectivity index (χ0v) is 15.5. The summed E-state index contributed by atoms with van der Waals surface area (Å²) in [7, 11) is 0. The Labute approximate surface area is 166 Å². The van der Waals surface area contributed by atoms with E-state index in [0.29, 0.717) is 17.4 Å². The molecule has 0 aliphatic carbocycles. The van der Waals surface area contributed by atoms with Crippen molar-refractivity contribution in [1.82, 2.24) is 10.3 Å². The summed E-state index contributed by atoms with van der Waals surface area (Å²) in [4.78, 5) is 16.5. The first kappa shape index (κ1) is 20.3. The molecule has 7 nitrogen and oxygen atoms in total. The molecule has 2 heterocycles. The normalized spacial score (nSPS) is 11.3. The summed E-state index contributed by atoms with van der Waals surface area (Å²) in [5, 5.41) is 24.4. The molecule has 0 saturated carbocycles. The molecule has 0 saturated heterocycles. The van der Waals surface area contributed by atoms with E-state index >= 15 is 0 Å². The second kappa shape index (κ2) is 7.92. The summed E-state index contributed by atoms with van der Waals surface area (Å²) in [5.41, 5.74) is -1.75. The molecule has 29 heavy (non-hydrogen) atoms. The van der Waals surface area contributed by atoms with Crippen LogP contribution in [0, 0.1) is 18.3 Å². The predicted molar refractivity (Wildman–Crippen MR) is 91.2 cm³/mol. The SMILES string of the molecule is Cc1cc(C(F)(F)F)c(C#N)c(SCC(=O)c2c([O-])on[n+]2-c2ccccc2)n1. The topological polar surface area (TPSA) is 107 Å². The lowest BCUT2D eigenvalue weighted by Gasteiger charge is -2.12. The zero-order valence-electron chi connectivity index (χ0n) is 14.7. The second-order valence-corrected chi connectivity index (χ2v) is 6.73. The molecule has 0 fully saturated rings. The first-order valence-corrected chi connectivity index (χ1v) is 9.00. The molecule has 0 N–H and O–H groups in total. The lowest BCUT2D eigenvalue weighted by atomic mass is 10.1. The van der Waals surface area contributed by atoms with Crippen molar-refractivity contribution in [3.05, 3.63) is 58.9 Å². The molecule has 1 aromatic carbocycles. The van der Waals surface area contributed by atoms with E-state index in [1.807, 2.05) is 0 Å². The number of nitriles is 1. The standard InChI is InChI=1S/C18H11F3N4O3S/c1-10-7-13(18(19,20)21)12(8-22)16(23-10)29-9-14(26)15-17(27)28-24-25(15)11-5-3-2-4-6-11/h2-7H,9H2,1H3. The largest absolute Gasteiger partial charge is 0.539 e. The van der Waals surface area contributed by atoms with Crippen LogP contribution in [0.25, 0.3) is 5.69 Å². The third-order valence-electron chi connectivity index (χ3n) is 3.75. The van der Waals surface area contributed by atoms with Crippen molar-refractivity contribution in [1.29, 1.82) is 5.26 Å². The van der Waals surface area contributed by atoms with Gasteiger partial charge in [-0.2, -0.15) is 18.4 Å². The van der Waals surface area contributed by atoms with E-state index in [2.05, 4.69) is 14.8 Å². The first-order chi connectivity index (χ1) is 13.7. The summed E-state index contributed by atoms with van der Waals surface area (Å²) in [6.45, 7) is 1.35. The Morgan fingerprint density at radius 3 is 2.66 bits per heavy atom. The maximum atomic E-state index is 13.2. The van der Waals surface area contributed by atoms with Crippen molar-refractivity contribution in [2.45, 2.75) is 18.1 Å². The van der Waals surface area contributed by atoms with Gasteiger partial charge in [0.2, 0.25) is 11.5 Å². The average Bonchev–Trinajstić information content (AvgIpc) is 3.07. The van der Waals surface area contributed by atoms with E-state index in [9.17, 15) is 28.3 Å². The number of nitrogens with zero attached hydrogens (tertiary/aromatic N) is 4. The molecule has 2 aromatic heterocycles. The highest BCUT2D eigenvalue weighted by Crippen LogP contribution is 2.36. The molecule has 0 aliphatic rings. The van der Waals surface area contributed by atoms with Crippen LogP contribution < -0.4 is 9.79 Å². The number of ketones is 1. The van der Waals surface area contributed by atoms with E-state index in [4.69, 9.17) is 0 Å². The minimum atomic E-state index is -4.74. The van der Waals surface area contributed by atoms with Crippen molar-refractivity contribution >= 4 is 17.5 Å². The lowest BCUT2D eigenvalue weighted by molar-refractivity contribution is -0.672. The van der Waals surface area contributed by atoms with Crippen LogP contribution in [-0.4, -0.2) is 21.8 Å². The number of aryl methyl sites for hydroxylation is 1. The summed E-state index contributed by atoms with van der Waals surface area (Å²) < 4.78 is 45.1. The van der Waals surface area contributed by atoms with Gasteiger partial charge >= 0.3 is 11.9 Å². The van der Waals surface area contributed by atoms with E-state index in [1.165, 1.54) is 13.0 Å². The molecular formula is C18H11F3N4O3S. The van der Waals surface area contributed by atoms with Gasteiger partial charge in [0.15, 0.2) is 5.95 Å². The Kier molecular flexibility index (Phi) is 5.56. The lowest BCUT2D eigenvalue weighted by Crippen LogP contribution is -2.39. The van der Waals surface area contributed by atoms with Crippen LogP contribution in [-0.2, 0) is 6.18 Å². The van der Waals surface area contributed by atoms with Crippen LogP contribution in [0.15, 0.2) is 45.9 Å². The number of benzene rings is 1. The maximum absolute atomic E-state index is 13.2. The number of alkyl halides is 3. The molecule has 3 rings (SSSR count). The Morgan fingerprint density at radius 2 is 2.03 bits per heavy atom. The fourth-order valence-electron chi connectivity index (χ4n) is 2.51. The van der Waals surface area contributed by atoms with E-state index in [1.54, 1.807) is 30.3 Å². The summed E-state index contributed by atoms with van der Waals surface area (Å²) >= 11 is 0.630. The maximum Gasteiger partial charge on any atom is 0.417 e. The molecule has 0 aliphatic heterocycles. The number of thioether (sulfide) groups is 1. The third-order valence-corrected chi connectivity index (χ3v) is 4.72. The van der Waals surface area contributed by atoms with Gasteiger partial charge in [-0.3, -0.25) is 4.79 Å². The van der Waals surface area contributed by atoms with Crippen molar-refractivity contribution in [2.24, 2.45) is 0 Å². The second-order valence-electron chi connectivity index (χ2n) is 5.77. The van der Waals surface area contributed by atoms with Crippen molar-refractivity contribution in [3.8, 4) is 17.7 Å². The number of aromatic nitrogens is 3. The van der Waals surface area contributed by atoms with Gasteiger partial charge in [0.1, 0.15) is 11.1 Å². The van der Waals surface area contributed by atoms with Crippen LogP contribution in [0.3, 0.4) is 0 Å². The number of hydrogen-bond donors (Lipinski definition) is 0. The average molecular weight is 420 g/mol. The number of para-hydroxylation sites is 1. The van der Waals surface area contributed by atoms with E-state index in [0.717, 1.165) is 10.7 Å². The zero-order chi connectivity index (χ0) is 21.2. The number of halogens is 3. The number of pyridine rings is 1. The van der Waals surface area contributed by atoms with Gasteiger partial charge in [-0.25, -0.2) is 4.98 Å². The fourth-order valence-corrected chi connectivity index (χ4v) is 3.42. The summed E-state index contributed by atoms with van der Waals surface area (Å²) in [5.74, 6) is -2.15. The molecule has 148 valence electrons. The minimum Gasteiger partial charge on any atom is -0.539 e. The Hall–Kier alpha value is -3.39. The van der Waals surface area contributed by atoms with E-state index in [-0.39, 0.29) is 16.4 Å². The minimum absolute atomic E-state index is 0.0418. The van der Waals surface area contributed by atoms with Gasteiger partial charge in [-0.05, 0) is 17.7 Å². The van der Waals surface area contributed by atoms with Gasteiger partial charge in [-0.1, -0.05) is 30.0 Å². The fraction of sp³-hybridized carbons (Fsp3) is 0.167. The molecule has 0 radical (unpaired) electrons. The molecule has 0 bridgehead atoms. The monoisotopic (exact) mass is 420 g/mol. The van der Waals surface area contributed by atoms with E-state index < -0.39 is 34.8 Å². The van der Waals surface area contributed by atoms with Crippen molar-refractivity contribution in [3.63, 3.8) is 0 Å². The highest BCUT2D eigenvalue weighted by Gasteiger charge is 2.36. The number of Topliss-reactive ketones (excluding diaryl/α,β-unsaturated/α-hetero) is 1. The molecule has 0 unspecified atom stereocenters. The highest BCUT2D eigenvalue weighted by molar-refractivity contribution is 8.00. The van der Waals surface area contributed by atoms with Crippen LogP contribution in [0.1, 0.15) is 27.3 Å².